The van der Waals surface area contributed by atoms with Gasteiger partial charge in [0.05, 0.1) is 11.1 Å². The Morgan fingerprint density at radius 2 is 1.90 bits per heavy atom. The van der Waals surface area contributed by atoms with E-state index in [9.17, 15) is 9.59 Å². The third-order valence-corrected chi connectivity index (χ3v) is 5.30. The van der Waals surface area contributed by atoms with Gasteiger partial charge < -0.3 is 5.73 Å². The molecule has 1 aromatic rings. The van der Waals surface area contributed by atoms with Crippen LogP contribution < -0.4 is 5.73 Å². The number of nitrogens with two attached hydrogens (primary N) is 1. The molecule has 2 N–H and O–H groups in total. The van der Waals surface area contributed by atoms with Crippen molar-refractivity contribution in [3.05, 3.63) is 29.3 Å². The number of carbonyl (C=O) groups is 2. The molecule has 0 aromatic heterocycles. The molecule has 2 bridgehead atoms. The van der Waals surface area contributed by atoms with Crippen molar-refractivity contribution in [2.24, 2.45) is 17.8 Å². The summed E-state index contributed by atoms with van der Waals surface area (Å²) >= 11 is 0. The average molecular weight is 270 g/mol. The fourth-order valence-electron chi connectivity index (χ4n) is 4.31. The summed E-state index contributed by atoms with van der Waals surface area (Å²) in [6.07, 6.45) is 5.08. The number of imide groups is 1. The van der Waals surface area contributed by atoms with Crippen molar-refractivity contribution in [1.29, 1.82) is 0 Å². The van der Waals surface area contributed by atoms with Crippen molar-refractivity contribution < 1.29 is 9.59 Å². The maximum absolute atomic E-state index is 12.4. The van der Waals surface area contributed by atoms with Gasteiger partial charge in [-0.25, -0.2) is 0 Å². The minimum Gasteiger partial charge on any atom is -0.399 e. The van der Waals surface area contributed by atoms with Gasteiger partial charge in [-0.2, -0.15) is 0 Å². The zero-order valence-electron chi connectivity index (χ0n) is 11.3. The summed E-state index contributed by atoms with van der Waals surface area (Å²) in [4.78, 5) is 26.2. The second-order valence-corrected chi connectivity index (χ2v) is 6.46. The monoisotopic (exact) mass is 270 g/mol. The van der Waals surface area contributed by atoms with Gasteiger partial charge in [0, 0.05) is 12.2 Å². The maximum atomic E-state index is 12.4. The van der Waals surface area contributed by atoms with Crippen molar-refractivity contribution in [3.63, 3.8) is 0 Å². The highest BCUT2D eigenvalue weighted by Gasteiger charge is 2.43. The predicted molar refractivity (Wildman–Crippen MR) is 75.2 cm³/mol. The van der Waals surface area contributed by atoms with Gasteiger partial charge in [-0.15, -0.1) is 0 Å². The highest BCUT2D eigenvalue weighted by atomic mass is 16.2. The fraction of sp³-hybridized carbons (Fsp3) is 0.500. The third kappa shape index (κ3) is 1.60. The number of carbonyl (C=O) groups excluding carboxylic acids is 2. The Bertz CT molecular complexity index is 610. The van der Waals surface area contributed by atoms with Crippen LogP contribution in [0.25, 0.3) is 0 Å². The molecule has 3 aliphatic rings. The summed E-state index contributed by atoms with van der Waals surface area (Å²) in [5, 5.41) is 0. The number of fused-ring (bicyclic) bond motifs is 3. The molecular weight excluding hydrogens is 252 g/mol. The first kappa shape index (κ1) is 11.9. The van der Waals surface area contributed by atoms with Crippen molar-refractivity contribution in [2.75, 3.05) is 12.3 Å². The molecular formula is C16H18N2O2. The van der Waals surface area contributed by atoms with Crippen LogP contribution in [0.2, 0.25) is 0 Å². The Labute approximate surface area is 117 Å². The standard InChI is InChI=1S/C16H18N2O2/c17-12-3-4-13-14(7-12)16(20)18(15(13)19)8-11-6-9-1-2-10(11)5-9/h3-4,7,9-11H,1-2,5-6,8,17H2. The summed E-state index contributed by atoms with van der Waals surface area (Å²) in [6, 6.07) is 4.98. The summed E-state index contributed by atoms with van der Waals surface area (Å²) in [6.45, 7) is 0.591. The predicted octanol–water partition coefficient (Wildman–Crippen LogP) is 2.30. The second-order valence-electron chi connectivity index (χ2n) is 6.46. The van der Waals surface area contributed by atoms with Crippen LogP contribution in [0.5, 0.6) is 0 Å². The zero-order valence-corrected chi connectivity index (χ0v) is 11.3. The Balaban J connectivity index is 1.59. The molecule has 4 nitrogen and oxygen atoms in total. The third-order valence-electron chi connectivity index (χ3n) is 5.30. The van der Waals surface area contributed by atoms with Crippen LogP contribution in [0, 0.1) is 17.8 Å². The van der Waals surface area contributed by atoms with E-state index in [0.29, 0.717) is 29.3 Å². The lowest BCUT2D eigenvalue weighted by molar-refractivity contribution is 0.0610. The molecule has 1 aromatic carbocycles. The number of hydrogen-bond acceptors (Lipinski definition) is 3. The second kappa shape index (κ2) is 4.08. The summed E-state index contributed by atoms with van der Waals surface area (Å²) in [5.41, 5.74) is 7.23. The van der Waals surface area contributed by atoms with Gasteiger partial charge in [0.2, 0.25) is 0 Å². The van der Waals surface area contributed by atoms with Gasteiger partial charge in [-0.1, -0.05) is 6.42 Å². The molecule has 1 aliphatic heterocycles. The molecule has 2 aliphatic carbocycles. The molecule has 0 saturated heterocycles. The molecule has 4 rings (SSSR count). The van der Waals surface area contributed by atoms with Crippen LogP contribution in [0.15, 0.2) is 18.2 Å². The number of hydrogen-bond donors (Lipinski definition) is 1. The van der Waals surface area contributed by atoms with E-state index in [2.05, 4.69) is 0 Å². The minimum absolute atomic E-state index is 0.146. The molecule has 4 heteroatoms. The SMILES string of the molecule is Nc1ccc2c(c1)C(=O)N(CC1CC3CCC1C3)C2=O. The molecule has 20 heavy (non-hydrogen) atoms. The highest BCUT2D eigenvalue weighted by Crippen LogP contribution is 2.48. The number of nitrogens with zero attached hydrogens (tertiary/aromatic N) is 1. The number of benzene rings is 1. The van der Waals surface area contributed by atoms with Crippen LogP contribution >= 0.6 is 0 Å². The first-order valence-corrected chi connectivity index (χ1v) is 7.39. The number of nitrogen functional groups attached to an aromatic ring is 1. The van der Waals surface area contributed by atoms with Crippen molar-refractivity contribution in [2.45, 2.75) is 25.7 Å². The van der Waals surface area contributed by atoms with E-state index < -0.39 is 0 Å². The fourth-order valence-corrected chi connectivity index (χ4v) is 4.31. The summed E-state index contributed by atoms with van der Waals surface area (Å²) in [5.74, 6) is 1.74. The van der Waals surface area contributed by atoms with Crippen LogP contribution in [-0.2, 0) is 0 Å². The van der Waals surface area contributed by atoms with E-state index in [1.54, 1.807) is 18.2 Å². The molecule has 2 saturated carbocycles. The topological polar surface area (TPSA) is 63.4 Å². The minimum atomic E-state index is -0.167. The molecule has 104 valence electrons. The molecule has 3 unspecified atom stereocenters. The molecule has 0 spiro atoms. The summed E-state index contributed by atoms with van der Waals surface area (Å²) in [7, 11) is 0. The normalized spacial score (nSPS) is 31.2. The zero-order chi connectivity index (χ0) is 13.9. The van der Waals surface area contributed by atoms with Crippen molar-refractivity contribution >= 4 is 17.5 Å². The van der Waals surface area contributed by atoms with Gasteiger partial charge >= 0.3 is 0 Å². The molecule has 2 amide bonds. The largest absolute Gasteiger partial charge is 0.399 e. The molecule has 2 fully saturated rings. The van der Waals surface area contributed by atoms with Crippen LogP contribution in [0.3, 0.4) is 0 Å². The van der Waals surface area contributed by atoms with E-state index in [4.69, 9.17) is 5.73 Å². The molecule has 3 atom stereocenters. The van der Waals surface area contributed by atoms with Crippen LogP contribution in [0.4, 0.5) is 5.69 Å². The van der Waals surface area contributed by atoms with E-state index in [0.717, 1.165) is 11.8 Å². The Morgan fingerprint density at radius 3 is 2.60 bits per heavy atom. The number of amides is 2. The number of rotatable bonds is 2. The first-order valence-electron chi connectivity index (χ1n) is 7.39. The smallest absolute Gasteiger partial charge is 0.261 e. The quantitative estimate of drug-likeness (QED) is 0.662. The average Bonchev–Trinajstić information content (AvgIpc) is 3.10. The van der Waals surface area contributed by atoms with Crippen LogP contribution in [0.1, 0.15) is 46.4 Å². The molecule has 0 radical (unpaired) electrons. The van der Waals surface area contributed by atoms with Crippen LogP contribution in [-0.4, -0.2) is 23.3 Å². The molecule has 1 heterocycles. The van der Waals surface area contributed by atoms with E-state index >= 15 is 0 Å². The van der Waals surface area contributed by atoms with E-state index in [1.807, 2.05) is 0 Å². The lowest BCUT2D eigenvalue weighted by atomic mass is 9.88. The Kier molecular flexibility index (Phi) is 2.43. The van der Waals surface area contributed by atoms with Gasteiger partial charge in [0.1, 0.15) is 0 Å². The van der Waals surface area contributed by atoms with E-state index in [-0.39, 0.29) is 11.8 Å². The number of anilines is 1. The Morgan fingerprint density at radius 1 is 1.10 bits per heavy atom. The summed E-state index contributed by atoms with van der Waals surface area (Å²) < 4.78 is 0. The van der Waals surface area contributed by atoms with Gasteiger partial charge in [0.25, 0.3) is 11.8 Å². The lowest BCUT2D eigenvalue weighted by Crippen LogP contribution is -2.36. The van der Waals surface area contributed by atoms with E-state index in [1.165, 1.54) is 30.6 Å². The maximum Gasteiger partial charge on any atom is 0.261 e. The first-order chi connectivity index (χ1) is 9.63. The Hall–Kier alpha value is -1.84. The van der Waals surface area contributed by atoms with Gasteiger partial charge in [-0.05, 0) is 55.2 Å². The lowest BCUT2D eigenvalue weighted by Gasteiger charge is -2.25. The van der Waals surface area contributed by atoms with Crippen molar-refractivity contribution in [3.8, 4) is 0 Å². The van der Waals surface area contributed by atoms with Crippen molar-refractivity contribution in [1.82, 2.24) is 4.90 Å². The highest BCUT2D eigenvalue weighted by molar-refractivity contribution is 6.21. The van der Waals surface area contributed by atoms with Gasteiger partial charge in [-0.3, -0.25) is 14.5 Å². The van der Waals surface area contributed by atoms with Gasteiger partial charge in [0.15, 0.2) is 0 Å².